The summed E-state index contributed by atoms with van der Waals surface area (Å²) in [5.41, 5.74) is -6.15. The lowest BCUT2D eigenvalue weighted by Gasteiger charge is -2.36. The van der Waals surface area contributed by atoms with Crippen molar-refractivity contribution in [2.24, 2.45) is 11.8 Å². The highest BCUT2D eigenvalue weighted by Crippen LogP contribution is 2.39. The highest BCUT2D eigenvalue weighted by molar-refractivity contribution is 6.17. The highest BCUT2D eigenvalue weighted by Gasteiger charge is 2.71. The van der Waals surface area contributed by atoms with Gasteiger partial charge in [0.2, 0.25) is 5.91 Å². The van der Waals surface area contributed by atoms with Gasteiger partial charge >= 0.3 is 78.3 Å². The lowest BCUT2D eigenvalue weighted by Crippen LogP contribution is -2.65. The van der Waals surface area contributed by atoms with Crippen molar-refractivity contribution >= 4 is 95.9 Å². The van der Waals surface area contributed by atoms with Crippen LogP contribution in [0.25, 0.3) is 0 Å². The van der Waals surface area contributed by atoms with Gasteiger partial charge in [-0.15, -0.1) is 18.2 Å². The zero-order chi connectivity index (χ0) is 73.2. The summed E-state index contributed by atoms with van der Waals surface area (Å²) in [4.78, 5) is 160. The molecule has 0 aromatic heterocycles. The number of hydrogen-bond acceptors (Lipinski definition) is 15. The van der Waals surface area contributed by atoms with Crippen LogP contribution in [0.3, 0.4) is 0 Å². The summed E-state index contributed by atoms with van der Waals surface area (Å²) < 4.78 is 4.86. The number of urea groups is 12. The quantitative estimate of drug-likeness (QED) is 0.0379. The molecule has 24 N–H and O–H groups in total. The molecule has 0 bridgehead atoms. The summed E-state index contributed by atoms with van der Waals surface area (Å²) in [6.45, 7) is 20.8. The SMILES string of the molecule is C=CCCC12NC(=O)NC1(C)NC(=O)N2.CC(=O)N1CC23NC(=O)NC2(C1)NC(=O)N3.CC(=O)OCCCC(C)C12NC(=O)NC1NC(=O)N2.CC(CCCCl)C12NC(=O)NC1NC(=O)N2.CCCC12NC(=O)NC1(CCC)NC(=O)N2.Cc1ccc(C23NC(=O)NC2(C)NC(=O)N3)cc1. The molecule has 548 valence electrons. The van der Waals surface area contributed by atoms with Gasteiger partial charge in [0.1, 0.15) is 12.3 Å². The molecule has 13 aliphatic rings. The molecule has 14 rings (SSSR count). The van der Waals surface area contributed by atoms with Gasteiger partial charge < -0.3 is 137 Å². The first-order valence-electron chi connectivity index (χ1n) is 32.8. The molecule has 41 heteroatoms. The third-order valence-corrected chi connectivity index (χ3v) is 20.1. The van der Waals surface area contributed by atoms with Crippen molar-refractivity contribution in [3.05, 3.63) is 48.0 Å². The smallest absolute Gasteiger partial charge is 0.318 e. The van der Waals surface area contributed by atoms with E-state index in [2.05, 4.69) is 134 Å². The third kappa shape index (κ3) is 13.6. The number of likely N-dealkylation sites (tertiary alicyclic amines) is 1. The molecule has 13 saturated heterocycles. The van der Waals surface area contributed by atoms with Crippen LogP contribution in [-0.4, -0.2) is 178 Å². The number of rotatable bonds is 17. The Bertz CT molecular complexity index is 3330. The number of alkyl halides is 1. The molecule has 40 nitrogen and oxygen atoms in total. The second-order valence-corrected chi connectivity index (χ2v) is 27.2. The number of nitrogens with one attached hydrogen (secondary N) is 24. The number of fused-ring (bicyclic) bond motifs is 5. The fourth-order valence-electron chi connectivity index (χ4n) is 14.9. The van der Waals surface area contributed by atoms with E-state index in [1.54, 1.807) is 24.8 Å². The Kier molecular flexibility index (Phi) is 20.4. The number of carbonyl (C=O) groups excluding carboxylic acids is 14. The van der Waals surface area contributed by atoms with E-state index in [4.69, 9.17) is 16.3 Å². The second kappa shape index (κ2) is 27.6. The Hall–Kier alpha value is -10.6. The number of hydrogen-bond donors (Lipinski definition) is 24. The van der Waals surface area contributed by atoms with E-state index in [1.165, 1.54) is 13.8 Å². The van der Waals surface area contributed by atoms with E-state index in [0.717, 1.165) is 36.8 Å². The number of amides is 25. The molecule has 1 aromatic rings. The number of aryl methyl sites for hydroxylation is 1. The van der Waals surface area contributed by atoms with Gasteiger partial charge in [0.05, 0.1) is 19.7 Å². The van der Waals surface area contributed by atoms with Crippen LogP contribution in [0.15, 0.2) is 36.9 Å². The molecule has 13 aliphatic heterocycles. The lowest BCUT2D eigenvalue weighted by atomic mass is 9.88. The summed E-state index contributed by atoms with van der Waals surface area (Å²) in [5.74, 6) is 0.269. The zero-order valence-corrected chi connectivity index (χ0v) is 57.5. The van der Waals surface area contributed by atoms with E-state index < -0.39 is 69.0 Å². The van der Waals surface area contributed by atoms with Crippen LogP contribution in [0.5, 0.6) is 0 Å². The van der Waals surface area contributed by atoms with E-state index in [9.17, 15) is 67.1 Å². The fraction of sp³-hybridized carbons (Fsp3) is 0.627. The van der Waals surface area contributed by atoms with E-state index in [0.29, 0.717) is 51.0 Å². The van der Waals surface area contributed by atoms with Gasteiger partial charge in [0.25, 0.3) is 0 Å². The molecular formula is C59H90ClN25O15. The van der Waals surface area contributed by atoms with Crippen molar-refractivity contribution in [3.8, 4) is 0 Å². The predicted octanol–water partition coefficient (Wildman–Crippen LogP) is -1.14. The minimum Gasteiger partial charge on any atom is -0.466 e. The molecule has 0 spiro atoms. The largest absolute Gasteiger partial charge is 0.466 e. The van der Waals surface area contributed by atoms with Gasteiger partial charge in [0.15, 0.2) is 56.6 Å². The fourth-order valence-corrected chi connectivity index (χ4v) is 15.0. The Morgan fingerprint density at radius 2 is 0.870 bits per heavy atom. The van der Waals surface area contributed by atoms with Crippen LogP contribution in [-0.2, 0) is 20.0 Å². The normalized spacial score (nSPS) is 34.7. The highest BCUT2D eigenvalue weighted by atomic mass is 35.5. The first kappa shape index (κ1) is 73.7. The molecule has 1 aromatic carbocycles. The first-order chi connectivity index (χ1) is 47.0. The zero-order valence-electron chi connectivity index (χ0n) is 56.8. The average Bonchev–Trinajstić information content (AvgIpc) is 1.54. The molecule has 2 unspecified atom stereocenters. The monoisotopic (exact) mass is 1420 g/mol. The molecule has 0 saturated carbocycles. The first-order valence-corrected chi connectivity index (χ1v) is 33.4. The average molecular weight is 1420 g/mol. The van der Waals surface area contributed by atoms with Crippen molar-refractivity contribution in [1.82, 2.24) is 133 Å². The third-order valence-electron chi connectivity index (χ3n) is 19.9. The van der Waals surface area contributed by atoms with Gasteiger partial charge in [-0.05, 0) is 72.1 Å². The Balaban J connectivity index is 0.000000140. The van der Waals surface area contributed by atoms with E-state index >= 15 is 0 Å². The topological polar surface area (TPSA) is 540 Å². The van der Waals surface area contributed by atoms with Gasteiger partial charge in [-0.3, -0.25) is 9.59 Å². The molecule has 25 amide bonds. The maximum atomic E-state index is 11.6. The van der Waals surface area contributed by atoms with E-state index in [1.807, 2.05) is 58.9 Å². The predicted molar refractivity (Wildman–Crippen MR) is 352 cm³/mol. The molecule has 0 radical (unpaired) electrons. The number of benzene rings is 1. The molecule has 13 fully saturated rings. The minimum absolute atomic E-state index is 0.00837. The number of ether oxygens (including phenoxy) is 1. The van der Waals surface area contributed by atoms with Gasteiger partial charge in [-0.1, -0.05) is 76.4 Å². The van der Waals surface area contributed by atoms with Crippen molar-refractivity contribution in [3.63, 3.8) is 0 Å². The number of halogens is 1. The van der Waals surface area contributed by atoms with Crippen LogP contribution < -0.4 is 128 Å². The molecular weight excluding hydrogens is 1330 g/mol. The number of esters is 1. The van der Waals surface area contributed by atoms with Gasteiger partial charge in [0, 0.05) is 37.1 Å². The Labute approximate surface area is 579 Å². The molecule has 13 heterocycles. The van der Waals surface area contributed by atoms with Gasteiger partial charge in [-0.25, -0.2) is 57.5 Å². The summed E-state index contributed by atoms with van der Waals surface area (Å²) in [7, 11) is 0. The Morgan fingerprint density at radius 1 is 0.510 bits per heavy atom. The van der Waals surface area contributed by atoms with Crippen LogP contribution in [0.4, 0.5) is 57.5 Å². The lowest BCUT2D eigenvalue weighted by molar-refractivity contribution is -0.141. The maximum absolute atomic E-state index is 11.6. The van der Waals surface area contributed by atoms with Crippen molar-refractivity contribution in [1.29, 1.82) is 0 Å². The van der Waals surface area contributed by atoms with Crippen LogP contribution in [0.2, 0.25) is 0 Å². The molecule has 100 heavy (non-hydrogen) atoms. The second-order valence-electron chi connectivity index (χ2n) is 26.8. The van der Waals surface area contributed by atoms with Crippen molar-refractivity contribution in [2.45, 2.75) is 195 Å². The van der Waals surface area contributed by atoms with Crippen LogP contribution >= 0.6 is 11.6 Å². The summed E-state index contributed by atoms with van der Waals surface area (Å²) in [6, 6.07) is 4.16. The molecule has 2 atom stereocenters. The van der Waals surface area contributed by atoms with Crippen LogP contribution in [0, 0.1) is 18.8 Å². The number of allylic oxidation sites excluding steroid dienone is 1. The van der Waals surface area contributed by atoms with Crippen LogP contribution in [0.1, 0.15) is 131 Å². The Morgan fingerprint density at radius 3 is 1.24 bits per heavy atom. The maximum Gasteiger partial charge on any atom is 0.318 e. The van der Waals surface area contributed by atoms with Gasteiger partial charge in [-0.2, -0.15) is 0 Å². The standard InChI is InChI=1S/C12H14N4O2.C11H18N4O4.C10H18N4O2.C9H15ClN4O2.C9H14N4O2.C8H11N5O3/c1-7-3-5-8(6-4-7)12-11(2,13-9(17)15-12)14-10(18)16-12;1-6(4-3-5-19-7(2)16)11-8(12-9(17)14-11)13-10(18)15-11;1-3-5-9-10(6-4-2,13-7(15)11-9)14-8(16)12-9;1-5(3-2-4-10)9-6(11-7(15)13-9)12-8(16)14-9;1-3-4-5-9-8(2,10-6(14)12-9)11-7(15)13-9;1-4(14)13-2-7-8(3-13,11-5(15)9-7)12-6(16)10-7/h3-6H,1-2H3,(H2,13,15,17)(H2,14,16,18);6,8H,3-5H2,1-2H3,(H2,12,14,17)(H2,13,15,18);3-6H2,1-2H3,(H2,11,13,15)(H2,12,14,16);5-6H,2-4H2,1H3,(H2,11,13,15)(H2,12,14,16);3H,1,4-5H2,2H3,(H2,10,12,14)(H2,11,13,15);2-3H2,1H3,(H2,9,11,15)(H2,10,12,16). The van der Waals surface area contributed by atoms with Crippen molar-refractivity contribution in [2.75, 3.05) is 25.6 Å². The number of nitrogens with zero attached hydrogens (tertiary/aromatic N) is 1. The summed E-state index contributed by atoms with van der Waals surface area (Å²) in [5, 5.41) is 65.6. The van der Waals surface area contributed by atoms with E-state index in [-0.39, 0.29) is 109 Å². The minimum atomic E-state index is -0.950. The number of carbonyl (C=O) groups is 14. The van der Waals surface area contributed by atoms with Crippen molar-refractivity contribution < 1.29 is 71.9 Å². The summed E-state index contributed by atoms with van der Waals surface area (Å²) >= 11 is 5.64. The molecule has 0 aliphatic carbocycles. The summed E-state index contributed by atoms with van der Waals surface area (Å²) in [6.07, 6.45) is 8.46.